The number of pyridine rings is 1. The highest BCUT2D eigenvalue weighted by Crippen LogP contribution is 2.47. The van der Waals surface area contributed by atoms with Crippen molar-refractivity contribution >= 4 is 5.82 Å². The molecule has 0 radical (unpaired) electrons. The number of nitrogens with zero attached hydrogens (tertiary/aromatic N) is 5. The zero-order valence-corrected chi connectivity index (χ0v) is 14.6. The van der Waals surface area contributed by atoms with Crippen LogP contribution in [-0.4, -0.2) is 40.4 Å². The molecule has 1 N–H and O–H groups in total. The van der Waals surface area contributed by atoms with Gasteiger partial charge in [-0.2, -0.15) is 10.4 Å². The Labute approximate surface area is 147 Å². The van der Waals surface area contributed by atoms with E-state index in [1.54, 1.807) is 7.11 Å². The van der Waals surface area contributed by atoms with Crippen molar-refractivity contribution in [1.82, 2.24) is 20.2 Å². The molecule has 7 nitrogen and oxygen atoms in total. The normalized spacial score (nSPS) is 23.0. The van der Waals surface area contributed by atoms with Crippen LogP contribution in [0.1, 0.15) is 41.7 Å². The Balaban J connectivity index is 1.59. The van der Waals surface area contributed by atoms with Gasteiger partial charge in [0.25, 0.3) is 0 Å². The zero-order chi connectivity index (χ0) is 17.4. The molecule has 4 rings (SSSR count). The van der Waals surface area contributed by atoms with Gasteiger partial charge >= 0.3 is 0 Å². The van der Waals surface area contributed by atoms with Crippen LogP contribution in [0.4, 0.5) is 5.82 Å². The summed E-state index contributed by atoms with van der Waals surface area (Å²) in [6.45, 7) is 4.15. The average Bonchev–Trinajstić information content (AvgIpc) is 3.19. The number of hydrogen-bond donors (Lipinski definition) is 1. The van der Waals surface area contributed by atoms with Crippen LogP contribution < -0.4 is 4.90 Å². The van der Waals surface area contributed by atoms with Crippen molar-refractivity contribution in [2.75, 3.05) is 25.1 Å². The van der Waals surface area contributed by atoms with Gasteiger partial charge in [-0.05, 0) is 43.2 Å². The van der Waals surface area contributed by atoms with Crippen LogP contribution in [-0.2, 0) is 11.3 Å². The molecule has 2 aromatic heterocycles. The predicted octanol–water partition coefficient (Wildman–Crippen LogP) is 2.16. The van der Waals surface area contributed by atoms with Gasteiger partial charge in [0.1, 0.15) is 24.2 Å². The Morgan fingerprint density at radius 1 is 1.32 bits per heavy atom. The minimum Gasteiger partial charge on any atom is -0.377 e. The van der Waals surface area contributed by atoms with Gasteiger partial charge in [0.2, 0.25) is 0 Å². The fourth-order valence-electron chi connectivity index (χ4n) is 3.78. The van der Waals surface area contributed by atoms with Gasteiger partial charge in [-0.1, -0.05) is 6.07 Å². The molecule has 0 aromatic carbocycles. The van der Waals surface area contributed by atoms with Gasteiger partial charge in [0.15, 0.2) is 11.6 Å². The van der Waals surface area contributed by atoms with Crippen LogP contribution in [0.5, 0.6) is 0 Å². The van der Waals surface area contributed by atoms with Crippen LogP contribution in [0, 0.1) is 30.1 Å². The molecule has 2 aliphatic rings. The maximum absolute atomic E-state index is 9.25. The highest BCUT2D eigenvalue weighted by molar-refractivity contribution is 5.46. The molecule has 0 amide bonds. The van der Waals surface area contributed by atoms with E-state index in [2.05, 4.69) is 31.1 Å². The summed E-state index contributed by atoms with van der Waals surface area (Å²) in [5.74, 6) is 4.11. The monoisotopic (exact) mass is 338 g/mol. The van der Waals surface area contributed by atoms with Crippen molar-refractivity contribution in [1.29, 1.82) is 5.26 Å². The van der Waals surface area contributed by atoms with Crippen molar-refractivity contribution < 1.29 is 4.74 Å². The number of H-pyrrole nitrogens is 1. The summed E-state index contributed by atoms with van der Waals surface area (Å²) in [6.07, 6.45) is 2.57. The minimum absolute atomic E-state index is 0.294. The quantitative estimate of drug-likeness (QED) is 0.898. The minimum atomic E-state index is 0.294. The zero-order valence-electron chi connectivity index (χ0n) is 14.6. The fourth-order valence-corrected chi connectivity index (χ4v) is 3.78. The van der Waals surface area contributed by atoms with Gasteiger partial charge in [0.05, 0.1) is 0 Å². The Morgan fingerprint density at radius 3 is 2.88 bits per heavy atom. The van der Waals surface area contributed by atoms with E-state index in [-0.39, 0.29) is 0 Å². The van der Waals surface area contributed by atoms with Gasteiger partial charge < -0.3 is 9.64 Å². The number of nitriles is 1. The number of hydrogen-bond acceptors (Lipinski definition) is 6. The summed E-state index contributed by atoms with van der Waals surface area (Å²) in [4.78, 5) is 11.5. The van der Waals surface area contributed by atoms with E-state index in [0.717, 1.165) is 42.0 Å². The third-order valence-electron chi connectivity index (χ3n) is 5.27. The Kier molecular flexibility index (Phi) is 4.14. The number of methoxy groups -OCH3 is 1. The first-order valence-electron chi connectivity index (χ1n) is 8.72. The maximum Gasteiger partial charge on any atom is 0.156 e. The van der Waals surface area contributed by atoms with E-state index in [9.17, 15) is 5.26 Å². The lowest BCUT2D eigenvalue weighted by atomic mass is 9.91. The molecule has 2 atom stereocenters. The van der Waals surface area contributed by atoms with Gasteiger partial charge in [0, 0.05) is 26.1 Å². The summed E-state index contributed by atoms with van der Waals surface area (Å²) >= 11 is 0. The molecular weight excluding hydrogens is 316 g/mol. The Morgan fingerprint density at radius 2 is 2.16 bits per heavy atom. The Hall–Kier alpha value is -2.46. The van der Waals surface area contributed by atoms with Crippen molar-refractivity contribution in [2.24, 2.45) is 11.8 Å². The fraction of sp³-hybridized carbons (Fsp3) is 0.556. The van der Waals surface area contributed by atoms with Gasteiger partial charge in [-0.3, -0.25) is 5.10 Å². The standard InChI is InChI=1S/C18H22N6O/c1-11-3-6-17(20-15(11)7-19)24-8-13(12-4-5-12)14(9-24)18-21-16(10-25-2)22-23-18/h3,6,12-14H,4-5,8-10H2,1-2H3,(H,21,22,23)/t13-,14+/m1/s1. The first-order valence-corrected chi connectivity index (χ1v) is 8.72. The first kappa shape index (κ1) is 16.0. The Bertz CT molecular complexity index is 806. The lowest BCUT2D eigenvalue weighted by Crippen LogP contribution is -2.21. The number of aromatic amines is 1. The molecule has 1 aliphatic heterocycles. The van der Waals surface area contributed by atoms with E-state index < -0.39 is 0 Å². The van der Waals surface area contributed by atoms with Crippen molar-refractivity contribution in [3.63, 3.8) is 0 Å². The number of nitrogens with one attached hydrogen (secondary N) is 1. The molecular formula is C18H22N6O. The van der Waals surface area contributed by atoms with E-state index >= 15 is 0 Å². The smallest absolute Gasteiger partial charge is 0.156 e. The highest BCUT2D eigenvalue weighted by Gasteiger charge is 2.45. The van der Waals surface area contributed by atoms with Crippen molar-refractivity contribution in [3.8, 4) is 6.07 Å². The number of anilines is 1. The molecule has 1 saturated heterocycles. The van der Waals surface area contributed by atoms with Crippen molar-refractivity contribution in [3.05, 3.63) is 35.0 Å². The van der Waals surface area contributed by atoms with Crippen LogP contribution in [0.2, 0.25) is 0 Å². The maximum atomic E-state index is 9.25. The molecule has 0 bridgehead atoms. The molecule has 25 heavy (non-hydrogen) atoms. The lowest BCUT2D eigenvalue weighted by Gasteiger charge is -2.17. The van der Waals surface area contributed by atoms with Crippen LogP contribution >= 0.6 is 0 Å². The molecule has 2 fully saturated rings. The average molecular weight is 338 g/mol. The van der Waals surface area contributed by atoms with Gasteiger partial charge in [-0.15, -0.1) is 0 Å². The molecule has 0 spiro atoms. The first-order chi connectivity index (χ1) is 12.2. The summed E-state index contributed by atoms with van der Waals surface area (Å²) in [5, 5.41) is 16.7. The number of ether oxygens (including phenoxy) is 1. The SMILES string of the molecule is COCc1nc([C@H]2CN(c3ccc(C)c(C#N)n3)C[C@@H]2C2CC2)n[nH]1. The molecule has 1 saturated carbocycles. The van der Waals surface area contributed by atoms with Crippen molar-refractivity contribution in [2.45, 2.75) is 32.3 Å². The molecule has 7 heteroatoms. The molecule has 3 heterocycles. The molecule has 130 valence electrons. The summed E-state index contributed by atoms with van der Waals surface area (Å²) in [5.41, 5.74) is 1.42. The van der Waals surface area contributed by atoms with E-state index in [0.29, 0.717) is 24.1 Å². The summed E-state index contributed by atoms with van der Waals surface area (Å²) in [7, 11) is 1.66. The van der Waals surface area contributed by atoms with Crippen LogP contribution in [0.15, 0.2) is 12.1 Å². The highest BCUT2D eigenvalue weighted by atomic mass is 16.5. The molecule has 0 unspecified atom stereocenters. The topological polar surface area (TPSA) is 90.7 Å². The number of aryl methyl sites for hydroxylation is 1. The number of rotatable bonds is 5. The van der Waals surface area contributed by atoms with Crippen LogP contribution in [0.3, 0.4) is 0 Å². The van der Waals surface area contributed by atoms with E-state index in [1.807, 2.05) is 19.1 Å². The second-order valence-electron chi connectivity index (χ2n) is 7.03. The lowest BCUT2D eigenvalue weighted by molar-refractivity contribution is 0.178. The summed E-state index contributed by atoms with van der Waals surface area (Å²) in [6, 6.07) is 6.17. The van der Waals surface area contributed by atoms with Gasteiger partial charge in [-0.25, -0.2) is 9.97 Å². The van der Waals surface area contributed by atoms with E-state index in [1.165, 1.54) is 12.8 Å². The van der Waals surface area contributed by atoms with E-state index in [4.69, 9.17) is 4.74 Å². The van der Waals surface area contributed by atoms with Crippen LogP contribution in [0.25, 0.3) is 0 Å². The third kappa shape index (κ3) is 3.10. The second kappa shape index (κ2) is 6.45. The molecule has 2 aromatic rings. The predicted molar refractivity (Wildman–Crippen MR) is 92.0 cm³/mol. The molecule has 1 aliphatic carbocycles. The number of aromatic nitrogens is 4. The summed E-state index contributed by atoms with van der Waals surface area (Å²) < 4.78 is 5.13. The second-order valence-corrected chi connectivity index (χ2v) is 7.03. The largest absolute Gasteiger partial charge is 0.377 e. The third-order valence-corrected chi connectivity index (χ3v) is 5.27.